The number of pyridine rings is 1. The van der Waals surface area contributed by atoms with Crippen LogP contribution in [-0.4, -0.2) is 25.1 Å². The van der Waals surface area contributed by atoms with Crippen LogP contribution in [0.5, 0.6) is 0 Å². The molecule has 0 spiro atoms. The molecule has 0 aliphatic carbocycles. The zero-order chi connectivity index (χ0) is 11.6. The molecule has 2 aromatic heterocycles. The Balaban J connectivity index is 2.23. The second kappa shape index (κ2) is 4.02. The highest BCUT2D eigenvalue weighted by molar-refractivity contribution is 5.15. The molecular weight excluding hydrogens is 204 g/mol. The monoisotopic (exact) mass is 218 g/mol. The average molecular weight is 218 g/mol. The maximum Gasteiger partial charge on any atom is 0.101 e. The van der Waals surface area contributed by atoms with Gasteiger partial charge < -0.3 is 5.11 Å². The van der Waals surface area contributed by atoms with Gasteiger partial charge in [0.1, 0.15) is 5.60 Å². The van der Waals surface area contributed by atoms with Crippen LogP contribution in [0.1, 0.15) is 25.2 Å². The normalized spacial score (nSPS) is 11.7. The lowest BCUT2D eigenvalue weighted by Crippen LogP contribution is -2.18. The molecule has 2 rings (SSSR count). The SMILES string of the molecule is CC(C)(O)c1cccc(Cn2ccnn2)n1. The molecule has 0 saturated carbocycles. The standard InChI is InChI=1S/C11H14N4O/c1-11(2,16)10-5-3-4-9(13-10)8-15-7-6-12-14-15/h3-7,16H,8H2,1-2H3. The first-order valence-electron chi connectivity index (χ1n) is 5.08. The molecule has 0 unspecified atom stereocenters. The van der Waals surface area contributed by atoms with Crippen molar-refractivity contribution >= 4 is 0 Å². The summed E-state index contributed by atoms with van der Waals surface area (Å²) in [5, 5.41) is 17.4. The molecule has 0 saturated heterocycles. The van der Waals surface area contributed by atoms with E-state index >= 15 is 0 Å². The van der Waals surface area contributed by atoms with Gasteiger partial charge in [0.2, 0.25) is 0 Å². The average Bonchev–Trinajstić information content (AvgIpc) is 2.70. The molecule has 0 aliphatic rings. The van der Waals surface area contributed by atoms with Gasteiger partial charge in [-0.1, -0.05) is 11.3 Å². The maximum absolute atomic E-state index is 9.84. The van der Waals surface area contributed by atoms with Crippen LogP contribution in [-0.2, 0) is 12.1 Å². The summed E-state index contributed by atoms with van der Waals surface area (Å²) in [6.45, 7) is 3.99. The summed E-state index contributed by atoms with van der Waals surface area (Å²) in [4.78, 5) is 4.38. The zero-order valence-corrected chi connectivity index (χ0v) is 9.33. The predicted molar refractivity (Wildman–Crippen MR) is 58.6 cm³/mol. The van der Waals surface area contributed by atoms with Gasteiger partial charge in [-0.2, -0.15) is 0 Å². The molecule has 5 heteroatoms. The number of nitrogens with zero attached hydrogens (tertiary/aromatic N) is 4. The Hall–Kier alpha value is -1.75. The summed E-state index contributed by atoms with van der Waals surface area (Å²) in [7, 11) is 0. The van der Waals surface area contributed by atoms with Crippen molar-refractivity contribution in [2.75, 3.05) is 0 Å². The first-order chi connectivity index (χ1) is 7.55. The fraction of sp³-hybridized carbons (Fsp3) is 0.364. The third kappa shape index (κ3) is 2.43. The van der Waals surface area contributed by atoms with Crippen LogP contribution in [0.15, 0.2) is 30.6 Å². The quantitative estimate of drug-likeness (QED) is 0.833. The molecule has 0 radical (unpaired) electrons. The Labute approximate surface area is 93.8 Å². The van der Waals surface area contributed by atoms with Crippen molar-refractivity contribution in [1.82, 2.24) is 20.0 Å². The molecule has 1 N–H and O–H groups in total. The summed E-state index contributed by atoms with van der Waals surface area (Å²) >= 11 is 0. The fourth-order valence-electron chi connectivity index (χ4n) is 1.39. The molecule has 0 aromatic carbocycles. The lowest BCUT2D eigenvalue weighted by molar-refractivity contribution is 0.0736. The Kier molecular flexibility index (Phi) is 2.70. The molecule has 0 fully saturated rings. The van der Waals surface area contributed by atoms with Gasteiger partial charge in [-0.05, 0) is 26.0 Å². The minimum atomic E-state index is -0.918. The van der Waals surface area contributed by atoms with Crippen LogP contribution < -0.4 is 0 Å². The molecule has 84 valence electrons. The Morgan fingerprint density at radius 2 is 2.19 bits per heavy atom. The van der Waals surface area contributed by atoms with Gasteiger partial charge in [-0.25, -0.2) is 4.68 Å². The molecule has 16 heavy (non-hydrogen) atoms. The van der Waals surface area contributed by atoms with Gasteiger partial charge >= 0.3 is 0 Å². The van der Waals surface area contributed by atoms with E-state index in [1.165, 1.54) is 0 Å². The third-order valence-corrected chi connectivity index (χ3v) is 2.23. The number of hydrogen-bond donors (Lipinski definition) is 1. The van der Waals surface area contributed by atoms with Crippen molar-refractivity contribution in [3.8, 4) is 0 Å². The van der Waals surface area contributed by atoms with E-state index in [1.54, 1.807) is 30.9 Å². The zero-order valence-electron chi connectivity index (χ0n) is 9.33. The summed E-state index contributed by atoms with van der Waals surface area (Å²) < 4.78 is 1.69. The van der Waals surface area contributed by atoms with Crippen LogP contribution in [0.2, 0.25) is 0 Å². The van der Waals surface area contributed by atoms with E-state index in [-0.39, 0.29) is 0 Å². The lowest BCUT2D eigenvalue weighted by atomic mass is 10.0. The van der Waals surface area contributed by atoms with Gasteiger partial charge in [0.15, 0.2) is 0 Å². The Morgan fingerprint density at radius 1 is 1.38 bits per heavy atom. The topological polar surface area (TPSA) is 63.8 Å². The van der Waals surface area contributed by atoms with E-state index < -0.39 is 5.60 Å². The van der Waals surface area contributed by atoms with Crippen molar-refractivity contribution < 1.29 is 5.11 Å². The summed E-state index contributed by atoms with van der Waals surface area (Å²) in [5.74, 6) is 0. The fourth-order valence-corrected chi connectivity index (χ4v) is 1.39. The van der Waals surface area contributed by atoms with Gasteiger partial charge in [0.05, 0.1) is 24.1 Å². The van der Waals surface area contributed by atoms with E-state index in [0.29, 0.717) is 12.2 Å². The lowest BCUT2D eigenvalue weighted by Gasteiger charge is -2.17. The van der Waals surface area contributed by atoms with E-state index in [2.05, 4.69) is 15.3 Å². The van der Waals surface area contributed by atoms with Gasteiger partial charge in [0.25, 0.3) is 0 Å². The van der Waals surface area contributed by atoms with E-state index in [1.807, 2.05) is 18.2 Å². The highest BCUT2D eigenvalue weighted by Crippen LogP contribution is 2.17. The van der Waals surface area contributed by atoms with Crippen molar-refractivity contribution in [1.29, 1.82) is 0 Å². The number of hydrogen-bond acceptors (Lipinski definition) is 4. The second-order valence-corrected chi connectivity index (χ2v) is 4.17. The van der Waals surface area contributed by atoms with Crippen LogP contribution in [0.4, 0.5) is 0 Å². The minimum Gasteiger partial charge on any atom is -0.384 e. The number of aliphatic hydroxyl groups is 1. The molecule has 0 aliphatic heterocycles. The minimum absolute atomic E-state index is 0.559. The van der Waals surface area contributed by atoms with Crippen molar-refractivity contribution in [2.45, 2.75) is 26.0 Å². The maximum atomic E-state index is 9.84. The Morgan fingerprint density at radius 3 is 2.81 bits per heavy atom. The highest BCUT2D eigenvalue weighted by atomic mass is 16.3. The molecular formula is C11H14N4O. The van der Waals surface area contributed by atoms with Gasteiger partial charge in [-0.3, -0.25) is 4.98 Å². The summed E-state index contributed by atoms with van der Waals surface area (Å²) in [6, 6.07) is 5.59. The third-order valence-electron chi connectivity index (χ3n) is 2.23. The van der Waals surface area contributed by atoms with Crippen LogP contribution in [0.3, 0.4) is 0 Å². The second-order valence-electron chi connectivity index (χ2n) is 4.17. The molecule has 2 aromatic rings. The molecule has 5 nitrogen and oxygen atoms in total. The summed E-state index contributed by atoms with van der Waals surface area (Å²) in [5.41, 5.74) is 0.591. The first kappa shape index (κ1) is 10.8. The van der Waals surface area contributed by atoms with E-state index in [0.717, 1.165) is 5.69 Å². The van der Waals surface area contributed by atoms with Crippen LogP contribution in [0, 0.1) is 0 Å². The van der Waals surface area contributed by atoms with Crippen molar-refractivity contribution in [3.63, 3.8) is 0 Å². The molecule has 0 amide bonds. The van der Waals surface area contributed by atoms with Gasteiger partial charge in [0, 0.05) is 6.20 Å². The Bertz CT molecular complexity index is 459. The number of rotatable bonds is 3. The van der Waals surface area contributed by atoms with Crippen molar-refractivity contribution in [3.05, 3.63) is 42.0 Å². The van der Waals surface area contributed by atoms with Gasteiger partial charge in [-0.15, -0.1) is 5.10 Å². The van der Waals surface area contributed by atoms with Crippen LogP contribution >= 0.6 is 0 Å². The molecule has 0 bridgehead atoms. The number of aromatic nitrogens is 4. The van der Waals surface area contributed by atoms with E-state index in [4.69, 9.17) is 0 Å². The first-order valence-corrected chi connectivity index (χ1v) is 5.08. The smallest absolute Gasteiger partial charge is 0.101 e. The van der Waals surface area contributed by atoms with Crippen LogP contribution in [0.25, 0.3) is 0 Å². The predicted octanol–water partition coefficient (Wildman–Crippen LogP) is 0.949. The van der Waals surface area contributed by atoms with Crippen molar-refractivity contribution in [2.24, 2.45) is 0 Å². The largest absolute Gasteiger partial charge is 0.384 e. The molecule has 0 atom stereocenters. The van der Waals surface area contributed by atoms with E-state index in [9.17, 15) is 5.11 Å². The summed E-state index contributed by atoms with van der Waals surface area (Å²) in [6.07, 6.45) is 3.40. The molecule has 2 heterocycles. The highest BCUT2D eigenvalue weighted by Gasteiger charge is 2.17.